The first-order valence-electron chi connectivity index (χ1n) is 7.66. The third-order valence-electron chi connectivity index (χ3n) is 4.16. The van der Waals surface area contributed by atoms with Crippen LogP contribution in [0.5, 0.6) is 0 Å². The molecule has 0 amide bonds. The summed E-state index contributed by atoms with van der Waals surface area (Å²) in [5.74, 6) is 1.04. The minimum atomic E-state index is 0.639. The summed E-state index contributed by atoms with van der Waals surface area (Å²) in [6.07, 6.45) is 1.63. The summed E-state index contributed by atoms with van der Waals surface area (Å²) in [5, 5.41) is 10.2. The summed E-state index contributed by atoms with van der Waals surface area (Å²) in [5.41, 5.74) is 4.23. The maximum absolute atomic E-state index is 6.32. The van der Waals surface area contributed by atoms with Crippen molar-refractivity contribution in [1.82, 2.24) is 9.78 Å². The maximum atomic E-state index is 6.32. The lowest BCUT2D eigenvalue weighted by molar-refractivity contribution is 0.840. The van der Waals surface area contributed by atoms with Gasteiger partial charge in [0.15, 0.2) is 0 Å². The van der Waals surface area contributed by atoms with Gasteiger partial charge < -0.3 is 5.32 Å². The number of benzene rings is 2. The fraction of sp³-hybridized carbons (Fsp3) is 0.167. The molecule has 1 aromatic heterocycles. The Morgan fingerprint density at radius 2 is 1.88 bits per heavy atom. The average molecular weight is 379 g/mol. The molecule has 1 aliphatic rings. The second-order valence-electron chi connectivity index (χ2n) is 5.75. The van der Waals surface area contributed by atoms with Crippen LogP contribution in [-0.4, -0.2) is 16.3 Å². The highest BCUT2D eigenvalue weighted by molar-refractivity contribution is 6.35. The Balaban J connectivity index is 1.76. The van der Waals surface area contributed by atoms with Gasteiger partial charge in [0.1, 0.15) is 5.82 Å². The maximum Gasteiger partial charge on any atom is 0.133 e. The molecule has 0 atom stereocenters. The molecule has 0 saturated carbocycles. The van der Waals surface area contributed by atoms with Gasteiger partial charge in [-0.15, -0.1) is 0 Å². The van der Waals surface area contributed by atoms with Gasteiger partial charge >= 0.3 is 0 Å². The van der Waals surface area contributed by atoms with E-state index in [2.05, 4.69) is 5.32 Å². The van der Waals surface area contributed by atoms with Crippen LogP contribution in [0, 0.1) is 0 Å². The van der Waals surface area contributed by atoms with Crippen molar-refractivity contribution in [1.29, 1.82) is 0 Å². The molecule has 0 saturated heterocycles. The lowest BCUT2D eigenvalue weighted by atomic mass is 10.1. The molecule has 4 rings (SSSR count). The number of rotatable bonds is 3. The number of nitrogens with one attached hydrogen (secondary N) is 1. The van der Waals surface area contributed by atoms with Crippen molar-refractivity contribution in [3.63, 3.8) is 0 Å². The lowest BCUT2D eigenvalue weighted by Gasteiger charge is -2.07. The van der Waals surface area contributed by atoms with E-state index in [1.54, 1.807) is 6.07 Å². The van der Waals surface area contributed by atoms with Gasteiger partial charge in [-0.05, 0) is 42.3 Å². The zero-order valence-corrected chi connectivity index (χ0v) is 15.0. The number of hydrogen-bond donors (Lipinski definition) is 1. The fourth-order valence-corrected chi connectivity index (χ4v) is 3.69. The van der Waals surface area contributed by atoms with Crippen LogP contribution in [-0.2, 0) is 12.8 Å². The Bertz CT molecular complexity index is 918. The molecule has 0 spiro atoms. The molecule has 1 N–H and O–H groups in total. The minimum absolute atomic E-state index is 0.639. The van der Waals surface area contributed by atoms with Gasteiger partial charge in [0.05, 0.1) is 11.4 Å². The van der Waals surface area contributed by atoms with Crippen LogP contribution in [0.1, 0.15) is 16.8 Å². The smallest absolute Gasteiger partial charge is 0.133 e. The normalized spacial score (nSPS) is 13.0. The third-order valence-corrected chi connectivity index (χ3v) is 4.98. The van der Waals surface area contributed by atoms with E-state index in [-0.39, 0.29) is 0 Å². The van der Waals surface area contributed by atoms with E-state index < -0.39 is 0 Å². The molecule has 24 heavy (non-hydrogen) atoms. The van der Waals surface area contributed by atoms with Crippen molar-refractivity contribution >= 4 is 40.6 Å². The highest BCUT2D eigenvalue weighted by Gasteiger charge is 2.23. The standard InChI is InChI=1S/C18H14Cl3N3/c19-12-2-1-3-14(9-12)24-18-15(6-7-22-18)17(23-24)8-11-4-5-13(20)10-16(11)21/h1-5,9-10,22H,6-8H2. The zero-order chi connectivity index (χ0) is 16.7. The molecule has 0 aliphatic carbocycles. The van der Waals surface area contributed by atoms with Crippen LogP contribution >= 0.6 is 34.8 Å². The van der Waals surface area contributed by atoms with Crippen molar-refractivity contribution < 1.29 is 0 Å². The second-order valence-corrected chi connectivity index (χ2v) is 7.03. The van der Waals surface area contributed by atoms with E-state index in [0.29, 0.717) is 21.5 Å². The first-order chi connectivity index (χ1) is 11.6. The summed E-state index contributed by atoms with van der Waals surface area (Å²) >= 11 is 18.4. The topological polar surface area (TPSA) is 29.9 Å². The Morgan fingerprint density at radius 3 is 2.67 bits per heavy atom. The summed E-state index contributed by atoms with van der Waals surface area (Å²) in [4.78, 5) is 0. The van der Waals surface area contributed by atoms with E-state index >= 15 is 0 Å². The van der Waals surface area contributed by atoms with Crippen molar-refractivity contribution in [3.05, 3.63) is 74.4 Å². The van der Waals surface area contributed by atoms with E-state index in [9.17, 15) is 0 Å². The van der Waals surface area contributed by atoms with Crippen LogP contribution in [0.15, 0.2) is 42.5 Å². The van der Waals surface area contributed by atoms with Gasteiger partial charge in [-0.3, -0.25) is 0 Å². The van der Waals surface area contributed by atoms with Gasteiger partial charge in [-0.25, -0.2) is 4.68 Å². The van der Waals surface area contributed by atoms with Crippen LogP contribution in [0.3, 0.4) is 0 Å². The number of halogens is 3. The van der Waals surface area contributed by atoms with Crippen LogP contribution < -0.4 is 5.32 Å². The van der Waals surface area contributed by atoms with Crippen LogP contribution in [0.4, 0.5) is 5.82 Å². The quantitative estimate of drug-likeness (QED) is 0.662. The highest BCUT2D eigenvalue weighted by atomic mass is 35.5. The highest BCUT2D eigenvalue weighted by Crippen LogP contribution is 2.32. The lowest BCUT2D eigenvalue weighted by Crippen LogP contribution is -2.05. The largest absolute Gasteiger partial charge is 0.369 e. The van der Waals surface area contributed by atoms with Gasteiger partial charge in [-0.1, -0.05) is 46.9 Å². The minimum Gasteiger partial charge on any atom is -0.369 e. The number of fused-ring (bicyclic) bond motifs is 1. The van der Waals surface area contributed by atoms with Gasteiger partial charge in [0, 0.05) is 33.6 Å². The molecule has 0 bridgehead atoms. The SMILES string of the molecule is Clc1cccc(-n2nc(Cc3ccc(Cl)cc3Cl)c3c2NCC3)c1. The number of nitrogens with zero attached hydrogens (tertiary/aromatic N) is 2. The van der Waals surface area contributed by atoms with Crippen molar-refractivity contribution in [2.75, 3.05) is 11.9 Å². The predicted molar refractivity (Wildman–Crippen MR) is 100 cm³/mol. The molecule has 1 aliphatic heterocycles. The molecule has 0 radical (unpaired) electrons. The van der Waals surface area contributed by atoms with Gasteiger partial charge in [0.25, 0.3) is 0 Å². The number of hydrogen-bond acceptors (Lipinski definition) is 2. The molecule has 6 heteroatoms. The monoisotopic (exact) mass is 377 g/mol. The van der Waals surface area contributed by atoms with Crippen molar-refractivity contribution in [2.45, 2.75) is 12.8 Å². The summed E-state index contributed by atoms with van der Waals surface area (Å²) in [7, 11) is 0. The molecule has 122 valence electrons. The van der Waals surface area contributed by atoms with E-state index in [1.807, 2.05) is 41.1 Å². The van der Waals surface area contributed by atoms with E-state index in [1.165, 1.54) is 5.56 Å². The second kappa shape index (κ2) is 6.32. The Labute approximate surface area is 155 Å². The summed E-state index contributed by atoms with van der Waals surface area (Å²) in [6.45, 7) is 0.912. The third kappa shape index (κ3) is 2.88. The molecule has 3 aromatic rings. The summed E-state index contributed by atoms with van der Waals surface area (Å²) in [6, 6.07) is 13.3. The molecule has 3 nitrogen and oxygen atoms in total. The van der Waals surface area contributed by atoms with Gasteiger partial charge in [-0.2, -0.15) is 5.10 Å². The van der Waals surface area contributed by atoms with Crippen LogP contribution in [0.2, 0.25) is 15.1 Å². The molecular weight excluding hydrogens is 365 g/mol. The van der Waals surface area contributed by atoms with Crippen molar-refractivity contribution in [3.8, 4) is 5.69 Å². The van der Waals surface area contributed by atoms with Crippen molar-refractivity contribution in [2.24, 2.45) is 0 Å². The predicted octanol–water partition coefficient (Wildman–Crippen LogP) is 5.39. The Morgan fingerprint density at radius 1 is 1.04 bits per heavy atom. The molecule has 2 aromatic carbocycles. The molecular formula is C18H14Cl3N3. The first kappa shape index (κ1) is 15.8. The first-order valence-corrected chi connectivity index (χ1v) is 8.80. The number of anilines is 1. The van der Waals surface area contributed by atoms with E-state index in [4.69, 9.17) is 39.9 Å². The Kier molecular flexibility index (Phi) is 4.17. The molecule has 2 heterocycles. The zero-order valence-electron chi connectivity index (χ0n) is 12.7. The molecule has 0 fully saturated rings. The fourth-order valence-electron chi connectivity index (χ4n) is 3.03. The van der Waals surface area contributed by atoms with Gasteiger partial charge in [0.2, 0.25) is 0 Å². The molecule has 0 unspecified atom stereocenters. The van der Waals surface area contributed by atoms with Crippen LogP contribution in [0.25, 0.3) is 5.69 Å². The average Bonchev–Trinajstić information content (AvgIpc) is 3.13. The number of aromatic nitrogens is 2. The van der Waals surface area contributed by atoms with E-state index in [0.717, 1.165) is 35.7 Å². The Hall–Kier alpha value is -1.68. The summed E-state index contributed by atoms with van der Waals surface area (Å²) < 4.78 is 1.92.